The Kier molecular flexibility index (Phi) is 6.04. The van der Waals surface area contributed by atoms with E-state index < -0.39 is 51.9 Å². The molecule has 1 saturated carbocycles. The number of Topliss-reactive ketones (excluding diaryl/α,β-unsaturated/α-hetero) is 2. The van der Waals surface area contributed by atoms with Crippen molar-refractivity contribution in [3.8, 4) is 0 Å². The molecule has 2 atom stereocenters. The van der Waals surface area contributed by atoms with Gasteiger partial charge in [0.05, 0.1) is 11.0 Å². The number of hydrogen-bond acceptors (Lipinski definition) is 4. The van der Waals surface area contributed by atoms with Gasteiger partial charge in [-0.2, -0.15) is 13.2 Å². The summed E-state index contributed by atoms with van der Waals surface area (Å²) in [7, 11) is 0. The Hall–Kier alpha value is -2.28. The summed E-state index contributed by atoms with van der Waals surface area (Å²) in [6, 6.07) is 3.42. The first kappa shape index (κ1) is 23.4. The Balaban J connectivity index is 2.02. The van der Waals surface area contributed by atoms with E-state index in [-0.39, 0.29) is 47.6 Å². The van der Waals surface area contributed by atoms with E-state index in [1.54, 1.807) is 20.8 Å². The van der Waals surface area contributed by atoms with E-state index in [0.29, 0.717) is 0 Å². The minimum atomic E-state index is -4.64. The van der Waals surface area contributed by atoms with Gasteiger partial charge in [-0.1, -0.05) is 38.4 Å². The van der Waals surface area contributed by atoms with Crippen LogP contribution in [0.25, 0.3) is 0 Å². The van der Waals surface area contributed by atoms with Crippen molar-refractivity contribution in [1.29, 1.82) is 0 Å². The lowest BCUT2D eigenvalue weighted by atomic mass is 9.67. The van der Waals surface area contributed by atoms with Gasteiger partial charge in [-0.05, 0) is 49.3 Å². The SMILES string of the molecule is CCC1=C(O)C(CC)(CC)C(=O)C(C(=O)C2CC2c2ccc(Cl)cc2C(F)(F)F)=C1O. The molecule has 31 heavy (non-hydrogen) atoms. The summed E-state index contributed by atoms with van der Waals surface area (Å²) in [5.41, 5.74) is -2.55. The zero-order valence-electron chi connectivity index (χ0n) is 17.4. The Morgan fingerprint density at radius 3 is 2.32 bits per heavy atom. The summed E-state index contributed by atoms with van der Waals surface area (Å²) in [5.74, 6) is -3.73. The molecule has 1 aromatic rings. The second-order valence-corrected chi connectivity index (χ2v) is 8.50. The molecule has 0 heterocycles. The monoisotopic (exact) mass is 456 g/mol. The first-order chi connectivity index (χ1) is 14.4. The summed E-state index contributed by atoms with van der Waals surface area (Å²) in [5, 5.41) is 21.2. The molecule has 3 rings (SSSR count). The van der Waals surface area contributed by atoms with Crippen LogP contribution < -0.4 is 0 Å². The highest BCUT2D eigenvalue weighted by Crippen LogP contribution is 2.54. The average molecular weight is 457 g/mol. The van der Waals surface area contributed by atoms with E-state index >= 15 is 0 Å². The number of allylic oxidation sites excluding steroid dienone is 3. The van der Waals surface area contributed by atoms with Crippen LogP contribution in [0.1, 0.15) is 63.5 Å². The highest BCUT2D eigenvalue weighted by molar-refractivity contribution is 6.30. The summed E-state index contributed by atoms with van der Waals surface area (Å²) >= 11 is 5.73. The third-order valence-electron chi connectivity index (χ3n) is 6.58. The fourth-order valence-electron chi connectivity index (χ4n) is 4.59. The number of benzene rings is 1. The van der Waals surface area contributed by atoms with E-state index in [0.717, 1.165) is 6.07 Å². The molecule has 4 nitrogen and oxygen atoms in total. The topological polar surface area (TPSA) is 74.6 Å². The fourth-order valence-corrected chi connectivity index (χ4v) is 4.76. The second-order valence-electron chi connectivity index (χ2n) is 8.06. The van der Waals surface area contributed by atoms with Gasteiger partial charge in [-0.15, -0.1) is 0 Å². The molecular formula is C23H24ClF3O4. The zero-order valence-corrected chi connectivity index (χ0v) is 18.2. The van der Waals surface area contributed by atoms with E-state index in [1.807, 2.05) is 0 Å². The maximum absolute atomic E-state index is 13.5. The highest BCUT2D eigenvalue weighted by atomic mass is 35.5. The molecule has 0 amide bonds. The molecule has 0 aliphatic heterocycles. The Labute approximate surface area is 183 Å². The summed E-state index contributed by atoms with van der Waals surface area (Å²) in [6.45, 7) is 5.09. The minimum absolute atomic E-state index is 0.0510. The van der Waals surface area contributed by atoms with Crippen molar-refractivity contribution in [2.75, 3.05) is 0 Å². The summed E-state index contributed by atoms with van der Waals surface area (Å²) < 4.78 is 40.4. The largest absolute Gasteiger partial charge is 0.511 e. The van der Waals surface area contributed by atoms with Crippen LogP contribution in [0.15, 0.2) is 40.9 Å². The third kappa shape index (κ3) is 3.67. The summed E-state index contributed by atoms with van der Waals surface area (Å²) in [4.78, 5) is 26.5. The average Bonchev–Trinajstić information content (AvgIpc) is 3.49. The van der Waals surface area contributed by atoms with Gasteiger partial charge in [0.1, 0.15) is 17.1 Å². The van der Waals surface area contributed by atoms with Crippen LogP contribution >= 0.6 is 11.6 Å². The maximum Gasteiger partial charge on any atom is 0.416 e. The molecule has 2 aliphatic carbocycles. The molecule has 0 bridgehead atoms. The van der Waals surface area contributed by atoms with Gasteiger partial charge in [0.15, 0.2) is 11.6 Å². The Bertz CT molecular complexity index is 1000. The molecular weight excluding hydrogens is 433 g/mol. The first-order valence-electron chi connectivity index (χ1n) is 10.3. The quantitative estimate of drug-likeness (QED) is 0.482. The van der Waals surface area contributed by atoms with Crippen molar-refractivity contribution in [2.24, 2.45) is 11.3 Å². The standard InChI is InChI=1S/C23H24ClF3O4/c1-4-12-18(28)17(21(31)22(5-2,6-3)20(12)30)19(29)15-10-14(15)13-8-7-11(24)9-16(13)23(25,26)27/h7-9,14-15,28,30H,4-6,10H2,1-3H3. The van der Waals surface area contributed by atoms with Crippen molar-refractivity contribution in [3.63, 3.8) is 0 Å². The number of halogens is 4. The second kappa shape index (κ2) is 8.01. The van der Waals surface area contributed by atoms with Crippen LogP contribution in [0.3, 0.4) is 0 Å². The number of ketones is 2. The van der Waals surface area contributed by atoms with E-state index in [4.69, 9.17) is 11.6 Å². The Morgan fingerprint density at radius 2 is 1.81 bits per heavy atom. The van der Waals surface area contributed by atoms with Crippen LogP contribution in [-0.2, 0) is 15.8 Å². The van der Waals surface area contributed by atoms with Crippen molar-refractivity contribution in [2.45, 2.75) is 58.5 Å². The molecule has 168 valence electrons. The lowest BCUT2D eigenvalue weighted by molar-refractivity contribution is -0.138. The van der Waals surface area contributed by atoms with Gasteiger partial charge < -0.3 is 10.2 Å². The lowest BCUT2D eigenvalue weighted by Crippen LogP contribution is -2.40. The van der Waals surface area contributed by atoms with Crippen LogP contribution in [0.4, 0.5) is 13.2 Å². The van der Waals surface area contributed by atoms with Gasteiger partial charge in [-0.25, -0.2) is 0 Å². The molecule has 0 radical (unpaired) electrons. The van der Waals surface area contributed by atoms with Crippen LogP contribution in [0.5, 0.6) is 0 Å². The van der Waals surface area contributed by atoms with Crippen LogP contribution in [0.2, 0.25) is 5.02 Å². The number of carbonyl (C=O) groups excluding carboxylic acids is 2. The number of aliphatic hydroxyl groups excluding tert-OH is 2. The smallest absolute Gasteiger partial charge is 0.416 e. The molecule has 2 N–H and O–H groups in total. The van der Waals surface area contributed by atoms with Gasteiger partial charge in [0.25, 0.3) is 0 Å². The molecule has 2 aliphatic rings. The minimum Gasteiger partial charge on any atom is -0.511 e. The van der Waals surface area contributed by atoms with Gasteiger partial charge in [0.2, 0.25) is 0 Å². The number of hydrogen-bond donors (Lipinski definition) is 2. The molecule has 2 unspecified atom stereocenters. The van der Waals surface area contributed by atoms with Crippen LogP contribution in [-0.4, -0.2) is 21.8 Å². The number of aliphatic hydroxyl groups is 2. The maximum atomic E-state index is 13.5. The van der Waals surface area contributed by atoms with E-state index in [1.165, 1.54) is 12.1 Å². The van der Waals surface area contributed by atoms with Crippen molar-refractivity contribution >= 4 is 23.2 Å². The van der Waals surface area contributed by atoms with Gasteiger partial charge in [0, 0.05) is 16.5 Å². The molecule has 0 aromatic heterocycles. The van der Waals surface area contributed by atoms with E-state index in [9.17, 15) is 33.0 Å². The molecule has 1 aromatic carbocycles. The van der Waals surface area contributed by atoms with Crippen molar-refractivity contribution in [3.05, 3.63) is 57.0 Å². The van der Waals surface area contributed by atoms with E-state index in [2.05, 4.69) is 0 Å². The van der Waals surface area contributed by atoms with Gasteiger partial charge in [-0.3, -0.25) is 9.59 Å². The number of carbonyl (C=O) groups is 2. The number of rotatable bonds is 6. The number of alkyl halides is 3. The van der Waals surface area contributed by atoms with Crippen LogP contribution in [0, 0.1) is 11.3 Å². The molecule has 0 saturated heterocycles. The van der Waals surface area contributed by atoms with Crippen molar-refractivity contribution in [1.82, 2.24) is 0 Å². The van der Waals surface area contributed by atoms with Crippen molar-refractivity contribution < 1.29 is 33.0 Å². The predicted molar refractivity (Wildman–Crippen MR) is 110 cm³/mol. The third-order valence-corrected chi connectivity index (χ3v) is 6.81. The molecule has 1 fully saturated rings. The predicted octanol–water partition coefficient (Wildman–Crippen LogP) is 6.45. The first-order valence-corrected chi connectivity index (χ1v) is 10.6. The zero-order chi connectivity index (χ0) is 23.3. The lowest BCUT2D eigenvalue weighted by Gasteiger charge is -2.35. The Morgan fingerprint density at radius 1 is 1.19 bits per heavy atom. The normalized spacial score (nSPS) is 23.4. The molecule has 8 heteroatoms. The van der Waals surface area contributed by atoms with Gasteiger partial charge >= 0.3 is 6.18 Å². The summed E-state index contributed by atoms with van der Waals surface area (Å²) in [6.07, 6.45) is -3.85. The molecule has 0 spiro atoms. The fraction of sp³-hybridized carbons (Fsp3) is 0.478. The highest BCUT2D eigenvalue weighted by Gasteiger charge is 2.54.